The molecule has 2 rings (SSSR count). The second kappa shape index (κ2) is 7.33. The topological polar surface area (TPSA) is 117 Å². The van der Waals surface area contributed by atoms with Crippen molar-refractivity contribution in [2.24, 2.45) is 5.73 Å². The Morgan fingerprint density at radius 1 is 1.43 bits per heavy atom. The van der Waals surface area contributed by atoms with Crippen LogP contribution in [0.4, 0.5) is 0 Å². The lowest BCUT2D eigenvalue weighted by Crippen LogP contribution is -2.70. The van der Waals surface area contributed by atoms with E-state index in [1.54, 1.807) is 25.7 Å². The van der Waals surface area contributed by atoms with Crippen molar-refractivity contribution in [3.05, 3.63) is 11.3 Å². The summed E-state index contributed by atoms with van der Waals surface area (Å²) in [5, 5.41) is 8.23. The van der Waals surface area contributed by atoms with Gasteiger partial charge in [0.15, 0.2) is 0 Å². The molecule has 0 saturated carbocycles. The number of nitrogens with two attached hydrogens (primary N) is 1. The smallest absolute Gasteiger partial charge is 0.269 e. The minimum Gasteiger partial charge on any atom is -0.335 e. The van der Waals surface area contributed by atoms with E-state index in [0.717, 1.165) is 5.57 Å². The van der Waals surface area contributed by atoms with Gasteiger partial charge in [-0.3, -0.25) is 19.3 Å². The minimum absolute atomic E-state index is 0.0708. The predicted molar refractivity (Wildman–Crippen MR) is 88.1 cm³/mol. The Morgan fingerprint density at radius 3 is 2.70 bits per heavy atom. The van der Waals surface area contributed by atoms with E-state index in [2.05, 4.69) is 16.0 Å². The second-order valence-electron chi connectivity index (χ2n) is 5.49. The van der Waals surface area contributed by atoms with Crippen LogP contribution in [0.5, 0.6) is 0 Å². The Labute approximate surface area is 139 Å². The van der Waals surface area contributed by atoms with Crippen LogP contribution < -0.4 is 21.7 Å². The first kappa shape index (κ1) is 17.8. The molecule has 1 fully saturated rings. The maximum absolute atomic E-state index is 12.6. The average Bonchev–Trinajstić information content (AvgIpc) is 2.54. The molecular formula is C14H23N5O3S. The van der Waals surface area contributed by atoms with E-state index in [1.807, 2.05) is 6.92 Å². The molecule has 0 aromatic rings. The van der Waals surface area contributed by atoms with Gasteiger partial charge in [0.1, 0.15) is 23.3 Å². The van der Waals surface area contributed by atoms with Crippen LogP contribution in [-0.4, -0.2) is 59.5 Å². The number of carbonyl (C=O) groups excluding carboxylic acids is 3. The predicted octanol–water partition coefficient (Wildman–Crippen LogP) is -1.31. The highest BCUT2D eigenvalue weighted by Crippen LogP contribution is 2.39. The van der Waals surface area contributed by atoms with Gasteiger partial charge in [0.2, 0.25) is 11.8 Å². The van der Waals surface area contributed by atoms with Gasteiger partial charge >= 0.3 is 0 Å². The fourth-order valence-electron chi connectivity index (χ4n) is 2.60. The lowest BCUT2D eigenvalue weighted by Gasteiger charge is -2.49. The lowest BCUT2D eigenvalue weighted by atomic mass is 10.0. The Balaban J connectivity index is 2.11. The zero-order valence-electron chi connectivity index (χ0n) is 13.5. The molecule has 0 aromatic heterocycles. The van der Waals surface area contributed by atoms with Crippen LogP contribution in [0.1, 0.15) is 20.3 Å². The van der Waals surface area contributed by atoms with E-state index in [4.69, 9.17) is 5.73 Å². The monoisotopic (exact) mass is 341 g/mol. The first-order valence-electron chi connectivity index (χ1n) is 7.56. The van der Waals surface area contributed by atoms with Crippen molar-refractivity contribution >= 4 is 29.5 Å². The Kier molecular flexibility index (Phi) is 5.66. The number of fused-ring (bicyclic) bond motifs is 1. The molecule has 3 unspecified atom stereocenters. The van der Waals surface area contributed by atoms with Gasteiger partial charge < -0.3 is 21.7 Å². The van der Waals surface area contributed by atoms with E-state index in [1.165, 1.54) is 4.90 Å². The summed E-state index contributed by atoms with van der Waals surface area (Å²) in [6, 6.07) is -0.263. The van der Waals surface area contributed by atoms with E-state index >= 15 is 0 Å². The first-order chi connectivity index (χ1) is 10.9. The van der Waals surface area contributed by atoms with Gasteiger partial charge in [0.05, 0.1) is 0 Å². The van der Waals surface area contributed by atoms with Crippen LogP contribution >= 0.6 is 11.8 Å². The van der Waals surface area contributed by atoms with Crippen molar-refractivity contribution in [2.75, 3.05) is 19.3 Å². The molecule has 2 aliphatic rings. The van der Waals surface area contributed by atoms with Crippen LogP contribution in [0.25, 0.3) is 0 Å². The molecule has 0 radical (unpaired) electrons. The SMILES string of the molecule is CCC(=O)NC(CN)NC(=O)C1=C(C)CSC2C(NC)C(=O)N12. The zero-order valence-corrected chi connectivity index (χ0v) is 14.3. The molecule has 2 heterocycles. The highest BCUT2D eigenvalue weighted by molar-refractivity contribution is 8.00. The number of amides is 3. The van der Waals surface area contributed by atoms with Gasteiger partial charge in [-0.25, -0.2) is 0 Å². The van der Waals surface area contributed by atoms with Crippen LogP contribution in [-0.2, 0) is 14.4 Å². The minimum atomic E-state index is -0.653. The summed E-state index contributed by atoms with van der Waals surface area (Å²) >= 11 is 1.63. The second-order valence-corrected chi connectivity index (χ2v) is 6.59. The molecule has 0 spiro atoms. The molecular weight excluding hydrogens is 318 g/mol. The molecule has 0 aliphatic carbocycles. The van der Waals surface area contributed by atoms with Gasteiger partial charge in [-0.2, -0.15) is 0 Å². The summed E-state index contributed by atoms with van der Waals surface area (Å²) < 4.78 is 0. The number of thioether (sulfide) groups is 1. The summed E-state index contributed by atoms with van der Waals surface area (Å²) in [6.45, 7) is 3.63. The van der Waals surface area contributed by atoms with Gasteiger partial charge in [-0.05, 0) is 19.5 Å². The van der Waals surface area contributed by atoms with Crippen molar-refractivity contribution in [1.29, 1.82) is 0 Å². The van der Waals surface area contributed by atoms with Gasteiger partial charge in [0.25, 0.3) is 5.91 Å². The standard InChI is InChI=1S/C14H23N5O3S/c1-4-9(20)17-8(5-15)18-12(21)11-7(2)6-23-14-10(16-3)13(22)19(11)14/h8,10,14,16H,4-6,15H2,1-3H3,(H,17,20)(H,18,21). The Bertz CT molecular complexity index is 551. The van der Waals surface area contributed by atoms with Gasteiger partial charge in [0, 0.05) is 18.7 Å². The summed E-state index contributed by atoms with van der Waals surface area (Å²) in [6.07, 6.45) is -0.346. The van der Waals surface area contributed by atoms with Crippen LogP contribution in [0.3, 0.4) is 0 Å². The number of nitrogens with zero attached hydrogens (tertiary/aromatic N) is 1. The van der Waals surface area contributed by atoms with E-state index in [-0.39, 0.29) is 35.7 Å². The molecule has 0 bridgehead atoms. The average molecular weight is 341 g/mol. The summed E-state index contributed by atoms with van der Waals surface area (Å²) in [5.74, 6) is -0.0123. The van der Waals surface area contributed by atoms with Crippen molar-refractivity contribution in [3.8, 4) is 0 Å². The summed E-state index contributed by atoms with van der Waals surface area (Å²) in [7, 11) is 1.73. The number of hydrogen-bond donors (Lipinski definition) is 4. The molecule has 1 saturated heterocycles. The third kappa shape index (κ3) is 3.36. The maximum Gasteiger partial charge on any atom is 0.269 e. The van der Waals surface area contributed by atoms with Crippen LogP contribution in [0, 0.1) is 0 Å². The maximum atomic E-state index is 12.6. The number of hydrogen-bond acceptors (Lipinski definition) is 6. The fraction of sp³-hybridized carbons (Fsp3) is 0.643. The molecule has 128 valence electrons. The van der Waals surface area contributed by atoms with Gasteiger partial charge in [-0.1, -0.05) is 6.92 Å². The Morgan fingerprint density at radius 2 is 2.13 bits per heavy atom. The molecule has 0 aromatic carbocycles. The first-order valence-corrected chi connectivity index (χ1v) is 8.61. The van der Waals surface area contributed by atoms with Crippen molar-refractivity contribution in [2.45, 2.75) is 37.8 Å². The van der Waals surface area contributed by atoms with Crippen molar-refractivity contribution in [3.63, 3.8) is 0 Å². The van der Waals surface area contributed by atoms with E-state index < -0.39 is 6.17 Å². The molecule has 2 aliphatic heterocycles. The third-order valence-corrected chi connectivity index (χ3v) is 5.31. The number of β-lactam (4-membered cyclic amide) rings is 1. The molecule has 8 nitrogen and oxygen atoms in total. The lowest BCUT2D eigenvalue weighted by molar-refractivity contribution is -0.145. The highest BCUT2D eigenvalue weighted by atomic mass is 32.2. The molecule has 23 heavy (non-hydrogen) atoms. The molecule has 9 heteroatoms. The highest BCUT2D eigenvalue weighted by Gasteiger charge is 2.52. The zero-order chi connectivity index (χ0) is 17.1. The van der Waals surface area contributed by atoms with Crippen LogP contribution in [0.2, 0.25) is 0 Å². The van der Waals surface area contributed by atoms with E-state index in [9.17, 15) is 14.4 Å². The Hall–Kier alpha value is -1.58. The number of carbonyl (C=O) groups is 3. The summed E-state index contributed by atoms with van der Waals surface area (Å²) in [4.78, 5) is 37.8. The van der Waals surface area contributed by atoms with Crippen LogP contribution in [0.15, 0.2) is 11.3 Å². The van der Waals surface area contributed by atoms with Gasteiger partial charge in [-0.15, -0.1) is 11.8 Å². The van der Waals surface area contributed by atoms with E-state index in [0.29, 0.717) is 17.9 Å². The molecule has 5 N–H and O–H groups in total. The number of likely N-dealkylation sites (N-methyl/N-ethyl adjacent to an activating group) is 1. The normalized spacial score (nSPS) is 24.7. The fourth-order valence-corrected chi connectivity index (χ4v) is 3.96. The van der Waals surface area contributed by atoms with Crippen molar-refractivity contribution < 1.29 is 14.4 Å². The number of rotatable bonds is 6. The third-order valence-electron chi connectivity index (χ3n) is 3.88. The molecule has 3 atom stereocenters. The summed E-state index contributed by atoms with van der Waals surface area (Å²) in [5.41, 5.74) is 6.80. The molecule has 3 amide bonds. The largest absolute Gasteiger partial charge is 0.335 e. The number of nitrogens with one attached hydrogen (secondary N) is 3. The quantitative estimate of drug-likeness (QED) is 0.352. The van der Waals surface area contributed by atoms with Crippen molar-refractivity contribution in [1.82, 2.24) is 20.9 Å².